The molecule has 4 rings (SSSR count). The van der Waals surface area contributed by atoms with Crippen molar-refractivity contribution in [2.75, 3.05) is 12.4 Å². The maximum Gasteiger partial charge on any atom is 0.337 e. The van der Waals surface area contributed by atoms with Crippen LogP contribution in [0.1, 0.15) is 20.7 Å². The third-order valence-corrected chi connectivity index (χ3v) is 4.91. The quantitative estimate of drug-likeness (QED) is 0.497. The van der Waals surface area contributed by atoms with Crippen LogP contribution in [0.4, 0.5) is 5.69 Å². The third-order valence-electron chi connectivity index (χ3n) is 4.91. The molecule has 4 aromatic rings. The van der Waals surface area contributed by atoms with Crippen LogP contribution in [0.5, 0.6) is 0 Å². The van der Waals surface area contributed by atoms with Crippen molar-refractivity contribution < 1.29 is 14.3 Å². The number of amides is 1. The Morgan fingerprint density at radius 1 is 0.969 bits per heavy atom. The van der Waals surface area contributed by atoms with Gasteiger partial charge in [-0.05, 0) is 36.4 Å². The van der Waals surface area contributed by atoms with Gasteiger partial charge in [-0.2, -0.15) is 0 Å². The van der Waals surface area contributed by atoms with Crippen molar-refractivity contribution in [3.05, 3.63) is 98.8 Å². The molecule has 9 nitrogen and oxygen atoms in total. The Morgan fingerprint density at radius 2 is 1.72 bits per heavy atom. The number of ether oxygens (including phenoxy) is 1. The van der Waals surface area contributed by atoms with Gasteiger partial charge in [0.05, 0.1) is 29.3 Å². The summed E-state index contributed by atoms with van der Waals surface area (Å²) in [6.07, 6.45) is 1.29. The van der Waals surface area contributed by atoms with Crippen LogP contribution in [-0.4, -0.2) is 33.1 Å². The van der Waals surface area contributed by atoms with Gasteiger partial charge >= 0.3 is 11.7 Å². The van der Waals surface area contributed by atoms with Crippen LogP contribution in [0.2, 0.25) is 0 Å². The molecule has 160 valence electrons. The second-order valence-corrected chi connectivity index (χ2v) is 6.94. The van der Waals surface area contributed by atoms with E-state index in [1.165, 1.54) is 37.1 Å². The summed E-state index contributed by atoms with van der Waals surface area (Å²) in [4.78, 5) is 54.2. The number of fused-ring (bicyclic) bond motifs is 1. The molecule has 0 saturated heterocycles. The Labute approximate surface area is 181 Å². The zero-order chi connectivity index (χ0) is 22.8. The van der Waals surface area contributed by atoms with Gasteiger partial charge in [0, 0.05) is 18.9 Å². The molecule has 9 heteroatoms. The zero-order valence-electron chi connectivity index (χ0n) is 17.2. The Morgan fingerprint density at radius 3 is 2.44 bits per heavy atom. The van der Waals surface area contributed by atoms with Gasteiger partial charge in [-0.1, -0.05) is 24.3 Å². The average Bonchev–Trinajstić information content (AvgIpc) is 2.83. The predicted molar refractivity (Wildman–Crippen MR) is 118 cm³/mol. The van der Waals surface area contributed by atoms with E-state index in [-0.39, 0.29) is 22.2 Å². The van der Waals surface area contributed by atoms with Crippen molar-refractivity contribution in [3.8, 4) is 5.69 Å². The lowest BCUT2D eigenvalue weighted by Gasteiger charge is -2.12. The zero-order valence-corrected chi connectivity index (χ0v) is 17.2. The topological polar surface area (TPSA) is 112 Å². The van der Waals surface area contributed by atoms with Crippen LogP contribution in [0.25, 0.3) is 16.7 Å². The molecule has 2 aromatic carbocycles. The minimum Gasteiger partial charge on any atom is -0.465 e. The number of benzene rings is 2. The first-order valence-corrected chi connectivity index (χ1v) is 9.57. The van der Waals surface area contributed by atoms with Gasteiger partial charge in [-0.25, -0.2) is 19.1 Å². The van der Waals surface area contributed by atoms with Crippen LogP contribution >= 0.6 is 0 Å². The van der Waals surface area contributed by atoms with E-state index in [4.69, 9.17) is 0 Å². The summed E-state index contributed by atoms with van der Waals surface area (Å²) in [7, 11) is 2.64. The molecule has 0 saturated carbocycles. The molecule has 0 atom stereocenters. The fourth-order valence-electron chi connectivity index (χ4n) is 3.28. The van der Waals surface area contributed by atoms with E-state index < -0.39 is 23.1 Å². The fraction of sp³-hybridized carbons (Fsp3) is 0.0870. The Hall–Kier alpha value is -4.53. The van der Waals surface area contributed by atoms with Crippen LogP contribution in [0.3, 0.4) is 0 Å². The second kappa shape index (κ2) is 8.31. The Kier molecular flexibility index (Phi) is 5.38. The number of methoxy groups -OCH3 is 1. The molecule has 0 spiro atoms. The van der Waals surface area contributed by atoms with Crippen molar-refractivity contribution in [2.45, 2.75) is 0 Å². The molecule has 0 fully saturated rings. The van der Waals surface area contributed by atoms with E-state index in [1.807, 2.05) is 6.07 Å². The number of carbonyl (C=O) groups is 2. The summed E-state index contributed by atoms with van der Waals surface area (Å²) >= 11 is 0. The molecular weight excluding hydrogens is 412 g/mol. The first-order valence-electron chi connectivity index (χ1n) is 9.57. The molecule has 0 unspecified atom stereocenters. The van der Waals surface area contributed by atoms with E-state index in [0.717, 1.165) is 4.57 Å². The first kappa shape index (κ1) is 20.7. The van der Waals surface area contributed by atoms with Gasteiger partial charge in [0.25, 0.3) is 11.5 Å². The van der Waals surface area contributed by atoms with Crippen molar-refractivity contribution in [1.29, 1.82) is 0 Å². The number of carbonyl (C=O) groups excluding carboxylic acids is 2. The first-order chi connectivity index (χ1) is 15.4. The van der Waals surface area contributed by atoms with E-state index in [0.29, 0.717) is 11.4 Å². The van der Waals surface area contributed by atoms with Crippen molar-refractivity contribution in [1.82, 2.24) is 14.1 Å². The minimum absolute atomic E-state index is 0.118. The highest BCUT2D eigenvalue weighted by molar-refractivity contribution is 6.06. The molecule has 0 aliphatic heterocycles. The molecule has 0 radical (unpaired) electrons. The van der Waals surface area contributed by atoms with E-state index in [1.54, 1.807) is 42.5 Å². The highest BCUT2D eigenvalue weighted by atomic mass is 16.5. The Bertz CT molecular complexity index is 1470. The molecule has 0 aliphatic carbocycles. The van der Waals surface area contributed by atoms with E-state index >= 15 is 0 Å². The fourth-order valence-corrected chi connectivity index (χ4v) is 3.28. The van der Waals surface area contributed by atoms with Gasteiger partial charge in [0.1, 0.15) is 0 Å². The van der Waals surface area contributed by atoms with E-state index in [2.05, 4.69) is 15.0 Å². The second-order valence-electron chi connectivity index (χ2n) is 6.94. The number of esters is 1. The minimum atomic E-state index is -0.563. The van der Waals surface area contributed by atoms with Crippen LogP contribution < -0.4 is 16.6 Å². The largest absolute Gasteiger partial charge is 0.465 e. The van der Waals surface area contributed by atoms with E-state index in [9.17, 15) is 19.2 Å². The molecule has 1 amide bonds. The lowest BCUT2D eigenvalue weighted by Crippen LogP contribution is -2.38. The van der Waals surface area contributed by atoms with Crippen LogP contribution in [0.15, 0.2) is 76.4 Å². The normalized spacial score (nSPS) is 10.7. The average molecular weight is 430 g/mol. The number of aromatic nitrogens is 3. The molecule has 2 heterocycles. The van der Waals surface area contributed by atoms with Gasteiger partial charge in [0.15, 0.2) is 5.65 Å². The maximum atomic E-state index is 12.8. The number of nitrogens with one attached hydrogen (secondary N) is 1. The molecule has 0 bridgehead atoms. The van der Waals surface area contributed by atoms with Gasteiger partial charge in [-0.3, -0.25) is 14.2 Å². The number of nitrogens with zero attached hydrogens (tertiary/aromatic N) is 3. The van der Waals surface area contributed by atoms with Crippen LogP contribution in [-0.2, 0) is 11.8 Å². The Balaban J connectivity index is 1.78. The van der Waals surface area contributed by atoms with Gasteiger partial charge in [0.2, 0.25) is 0 Å². The van der Waals surface area contributed by atoms with Crippen LogP contribution in [0, 0.1) is 0 Å². The number of pyridine rings is 1. The van der Waals surface area contributed by atoms with Crippen molar-refractivity contribution in [3.63, 3.8) is 0 Å². The summed E-state index contributed by atoms with van der Waals surface area (Å²) in [5, 5.41) is 2.79. The summed E-state index contributed by atoms with van der Waals surface area (Å²) in [6, 6.07) is 16.4. The number of hydrogen-bond acceptors (Lipinski definition) is 6. The van der Waals surface area contributed by atoms with Crippen molar-refractivity contribution >= 4 is 28.6 Å². The molecular formula is C23H18N4O5. The molecule has 2 aromatic heterocycles. The molecule has 32 heavy (non-hydrogen) atoms. The summed E-state index contributed by atoms with van der Waals surface area (Å²) in [5.74, 6) is -1.06. The predicted octanol–water partition coefficient (Wildman–Crippen LogP) is 2.12. The lowest BCUT2D eigenvalue weighted by atomic mass is 10.1. The number of para-hydroxylation sites is 1. The smallest absolute Gasteiger partial charge is 0.337 e. The van der Waals surface area contributed by atoms with Crippen molar-refractivity contribution in [2.24, 2.45) is 7.05 Å². The highest BCUT2D eigenvalue weighted by Crippen LogP contribution is 2.16. The molecule has 0 aliphatic rings. The lowest BCUT2D eigenvalue weighted by molar-refractivity contribution is 0.0600. The monoisotopic (exact) mass is 430 g/mol. The summed E-state index contributed by atoms with van der Waals surface area (Å²) in [5.41, 5.74) is 0.361. The SMILES string of the molecule is COC(=O)c1cccc(NC(=O)c2cnc3c(c2)c(=O)n(C)c(=O)n3-c2ccccc2)c1. The highest BCUT2D eigenvalue weighted by Gasteiger charge is 2.17. The molecule has 1 N–H and O–H groups in total. The third kappa shape index (κ3) is 3.67. The number of rotatable bonds is 4. The summed E-state index contributed by atoms with van der Waals surface area (Å²) in [6.45, 7) is 0. The standard InChI is InChI=1S/C23H18N4O5/c1-26-21(29)18-12-15(20(28)25-16-8-6-7-14(11-16)22(30)32-2)13-24-19(18)27(23(26)31)17-9-4-3-5-10-17/h3-13H,1-2H3,(H,25,28). The van der Waals surface area contributed by atoms with Gasteiger partial charge < -0.3 is 10.1 Å². The maximum absolute atomic E-state index is 12.8. The summed E-state index contributed by atoms with van der Waals surface area (Å²) < 4.78 is 6.97. The van der Waals surface area contributed by atoms with Gasteiger partial charge in [-0.15, -0.1) is 0 Å². The number of hydrogen-bond donors (Lipinski definition) is 1. The number of anilines is 1.